The zero-order valence-corrected chi connectivity index (χ0v) is 14.1. The molecule has 0 fully saturated rings. The van der Waals surface area contributed by atoms with Gasteiger partial charge in [-0.2, -0.15) is 0 Å². The first kappa shape index (κ1) is 17.2. The lowest BCUT2D eigenvalue weighted by atomic mass is 10.3. The van der Waals surface area contributed by atoms with E-state index in [-0.39, 0.29) is 12.0 Å². The first-order valence-corrected chi connectivity index (χ1v) is 8.23. The summed E-state index contributed by atoms with van der Waals surface area (Å²) in [7, 11) is 1.61. The largest absolute Gasteiger partial charge is 0.497 e. The van der Waals surface area contributed by atoms with E-state index in [1.54, 1.807) is 18.6 Å². The van der Waals surface area contributed by atoms with Crippen molar-refractivity contribution in [1.82, 2.24) is 10.3 Å². The van der Waals surface area contributed by atoms with Gasteiger partial charge >= 0.3 is 0 Å². The molecular formula is C16H21N3O3S. The average molecular weight is 335 g/mol. The van der Waals surface area contributed by atoms with Crippen molar-refractivity contribution < 1.29 is 14.3 Å². The zero-order valence-electron chi connectivity index (χ0n) is 13.2. The monoisotopic (exact) mass is 335 g/mol. The summed E-state index contributed by atoms with van der Waals surface area (Å²) in [6.07, 6.45) is 0.515. The van der Waals surface area contributed by atoms with Crippen LogP contribution in [0.4, 0.5) is 0 Å². The van der Waals surface area contributed by atoms with E-state index >= 15 is 0 Å². The second kappa shape index (κ2) is 8.50. The maximum absolute atomic E-state index is 12.0. The van der Waals surface area contributed by atoms with Crippen LogP contribution < -0.4 is 20.5 Å². The second-order valence-electron chi connectivity index (χ2n) is 4.98. The van der Waals surface area contributed by atoms with Crippen LogP contribution in [0.1, 0.15) is 22.4 Å². The third kappa shape index (κ3) is 5.22. The van der Waals surface area contributed by atoms with Gasteiger partial charge in [-0.05, 0) is 25.6 Å². The number of thiazole rings is 1. The summed E-state index contributed by atoms with van der Waals surface area (Å²) >= 11 is 1.45. The molecular weight excluding hydrogens is 314 g/mol. The molecule has 124 valence electrons. The van der Waals surface area contributed by atoms with Gasteiger partial charge in [0.2, 0.25) is 0 Å². The number of hydrogen-bond acceptors (Lipinski definition) is 6. The molecule has 1 heterocycles. The van der Waals surface area contributed by atoms with Gasteiger partial charge in [-0.3, -0.25) is 4.79 Å². The van der Waals surface area contributed by atoms with Crippen molar-refractivity contribution in [2.75, 3.05) is 20.2 Å². The smallest absolute Gasteiger partial charge is 0.270 e. The number of methoxy groups -OCH3 is 1. The molecule has 0 aliphatic heterocycles. The van der Waals surface area contributed by atoms with Crippen LogP contribution >= 0.6 is 11.3 Å². The minimum absolute atomic E-state index is 0.173. The van der Waals surface area contributed by atoms with Crippen molar-refractivity contribution in [2.45, 2.75) is 19.4 Å². The Labute approximate surface area is 139 Å². The highest BCUT2D eigenvalue weighted by atomic mass is 32.1. The number of hydrogen-bond donors (Lipinski definition) is 2. The molecule has 1 unspecified atom stereocenters. The highest BCUT2D eigenvalue weighted by molar-refractivity contribution is 7.09. The Morgan fingerprint density at radius 1 is 1.43 bits per heavy atom. The normalized spacial score (nSPS) is 11.8. The molecule has 0 bridgehead atoms. The molecule has 0 saturated carbocycles. The Balaban J connectivity index is 1.82. The van der Waals surface area contributed by atoms with Crippen LogP contribution in [0.25, 0.3) is 0 Å². The van der Waals surface area contributed by atoms with Crippen molar-refractivity contribution in [2.24, 2.45) is 5.73 Å². The fraction of sp³-hybridized carbons (Fsp3) is 0.375. The molecule has 0 radical (unpaired) electrons. The van der Waals surface area contributed by atoms with Crippen LogP contribution in [0, 0.1) is 0 Å². The van der Waals surface area contributed by atoms with Crippen LogP contribution in [-0.4, -0.2) is 37.2 Å². The van der Waals surface area contributed by atoms with Gasteiger partial charge in [0.25, 0.3) is 5.91 Å². The van der Waals surface area contributed by atoms with Crippen LogP contribution in [0.3, 0.4) is 0 Å². The summed E-state index contributed by atoms with van der Waals surface area (Å²) < 4.78 is 10.9. The fourth-order valence-electron chi connectivity index (χ4n) is 1.93. The minimum Gasteiger partial charge on any atom is -0.497 e. The van der Waals surface area contributed by atoms with Crippen molar-refractivity contribution in [3.8, 4) is 11.5 Å². The van der Waals surface area contributed by atoms with Gasteiger partial charge < -0.3 is 20.5 Å². The van der Waals surface area contributed by atoms with E-state index in [2.05, 4.69) is 10.3 Å². The molecule has 1 atom stereocenters. The van der Waals surface area contributed by atoms with Crippen LogP contribution in [-0.2, 0) is 6.42 Å². The minimum atomic E-state index is -0.203. The SMILES string of the molecule is COc1cccc(OC(C)CNC(=O)c2csc(CCN)n2)c1. The quantitative estimate of drug-likeness (QED) is 0.769. The molecule has 0 spiro atoms. The lowest BCUT2D eigenvalue weighted by Crippen LogP contribution is -2.33. The van der Waals surface area contributed by atoms with E-state index in [4.69, 9.17) is 15.2 Å². The number of ether oxygens (including phenoxy) is 2. The number of rotatable bonds is 8. The summed E-state index contributed by atoms with van der Waals surface area (Å²) in [6.45, 7) is 2.81. The fourth-order valence-corrected chi connectivity index (χ4v) is 2.72. The molecule has 6 nitrogen and oxygen atoms in total. The molecule has 2 aromatic rings. The Hall–Kier alpha value is -2.12. The summed E-state index contributed by atoms with van der Waals surface area (Å²) in [5.74, 6) is 1.23. The number of carbonyl (C=O) groups is 1. The molecule has 2 rings (SSSR count). The summed E-state index contributed by atoms with van der Waals surface area (Å²) in [5.41, 5.74) is 5.90. The Morgan fingerprint density at radius 3 is 2.96 bits per heavy atom. The standard InChI is InChI=1S/C16H21N3O3S/c1-11(22-13-5-3-4-12(8-13)21-2)9-18-16(20)14-10-23-15(19-14)6-7-17/h3-5,8,10-11H,6-7,9,17H2,1-2H3,(H,18,20). The van der Waals surface area contributed by atoms with Gasteiger partial charge in [0.1, 0.15) is 23.3 Å². The summed E-state index contributed by atoms with van der Waals surface area (Å²) in [5, 5.41) is 5.44. The molecule has 7 heteroatoms. The first-order chi connectivity index (χ1) is 11.1. The first-order valence-electron chi connectivity index (χ1n) is 7.35. The second-order valence-corrected chi connectivity index (χ2v) is 5.93. The van der Waals surface area contributed by atoms with Gasteiger partial charge in [-0.1, -0.05) is 6.07 Å². The number of amides is 1. The number of nitrogens with zero attached hydrogens (tertiary/aromatic N) is 1. The average Bonchev–Trinajstić information content (AvgIpc) is 3.02. The van der Waals surface area contributed by atoms with Crippen LogP contribution in [0.5, 0.6) is 11.5 Å². The van der Waals surface area contributed by atoms with E-state index in [1.165, 1.54) is 11.3 Å². The van der Waals surface area contributed by atoms with Crippen molar-refractivity contribution in [3.05, 3.63) is 40.3 Å². The predicted molar refractivity (Wildman–Crippen MR) is 90.3 cm³/mol. The molecule has 3 N–H and O–H groups in total. The molecule has 1 aromatic carbocycles. The molecule has 1 aromatic heterocycles. The number of aromatic nitrogens is 1. The topological polar surface area (TPSA) is 86.5 Å². The van der Waals surface area contributed by atoms with E-state index in [0.717, 1.165) is 10.8 Å². The molecule has 1 amide bonds. The van der Waals surface area contributed by atoms with Crippen LogP contribution in [0.2, 0.25) is 0 Å². The van der Waals surface area contributed by atoms with Crippen LogP contribution in [0.15, 0.2) is 29.6 Å². The van der Waals surface area contributed by atoms with E-state index in [0.29, 0.717) is 31.0 Å². The third-order valence-electron chi connectivity index (χ3n) is 3.07. The number of nitrogens with two attached hydrogens (primary N) is 1. The molecule has 0 aliphatic rings. The van der Waals surface area contributed by atoms with Gasteiger partial charge in [-0.15, -0.1) is 11.3 Å². The number of nitrogens with one attached hydrogen (secondary N) is 1. The Kier molecular flexibility index (Phi) is 6.37. The predicted octanol–water partition coefficient (Wildman–Crippen LogP) is 1.85. The van der Waals surface area contributed by atoms with Crippen molar-refractivity contribution in [3.63, 3.8) is 0 Å². The molecule has 0 saturated heterocycles. The van der Waals surface area contributed by atoms with E-state index in [9.17, 15) is 4.79 Å². The molecule has 0 aliphatic carbocycles. The summed E-state index contributed by atoms with van der Waals surface area (Å²) in [6, 6.07) is 7.35. The van der Waals surface area contributed by atoms with Crippen molar-refractivity contribution in [1.29, 1.82) is 0 Å². The van der Waals surface area contributed by atoms with Crippen molar-refractivity contribution >= 4 is 17.2 Å². The van der Waals surface area contributed by atoms with Gasteiger partial charge in [-0.25, -0.2) is 4.98 Å². The highest BCUT2D eigenvalue weighted by Crippen LogP contribution is 2.19. The highest BCUT2D eigenvalue weighted by Gasteiger charge is 2.12. The maximum atomic E-state index is 12.0. The maximum Gasteiger partial charge on any atom is 0.270 e. The zero-order chi connectivity index (χ0) is 16.7. The van der Waals surface area contributed by atoms with Gasteiger partial charge in [0.15, 0.2) is 0 Å². The van der Waals surface area contributed by atoms with Gasteiger partial charge in [0.05, 0.1) is 18.7 Å². The van der Waals surface area contributed by atoms with E-state index in [1.807, 2.05) is 25.1 Å². The third-order valence-corrected chi connectivity index (χ3v) is 3.98. The number of benzene rings is 1. The summed E-state index contributed by atoms with van der Waals surface area (Å²) in [4.78, 5) is 16.3. The lowest BCUT2D eigenvalue weighted by Gasteiger charge is -2.15. The lowest BCUT2D eigenvalue weighted by molar-refractivity contribution is 0.0927. The Morgan fingerprint density at radius 2 is 2.22 bits per heavy atom. The number of carbonyl (C=O) groups excluding carboxylic acids is 1. The Bertz CT molecular complexity index is 645. The molecule has 23 heavy (non-hydrogen) atoms. The van der Waals surface area contributed by atoms with Gasteiger partial charge in [0, 0.05) is 17.9 Å². The van der Waals surface area contributed by atoms with E-state index < -0.39 is 0 Å².